The number of morpholine rings is 1. The minimum atomic E-state index is -0.656. The molecule has 1 saturated heterocycles. The van der Waals surface area contributed by atoms with Crippen molar-refractivity contribution in [2.45, 2.75) is 12.5 Å². The summed E-state index contributed by atoms with van der Waals surface area (Å²) in [6.45, 7) is 4.76. The van der Waals surface area contributed by atoms with Gasteiger partial charge in [-0.1, -0.05) is 12.1 Å². The maximum absolute atomic E-state index is 13.2. The number of rotatable bonds is 8. The van der Waals surface area contributed by atoms with Crippen LogP contribution in [0, 0.1) is 0 Å². The Morgan fingerprint density at radius 2 is 1.91 bits per heavy atom. The number of carbonyl (C=O) groups is 2. The molecule has 1 atom stereocenters. The van der Waals surface area contributed by atoms with E-state index in [4.69, 9.17) is 9.15 Å². The fourth-order valence-electron chi connectivity index (χ4n) is 4.37. The molecule has 0 aliphatic carbocycles. The van der Waals surface area contributed by atoms with Crippen LogP contribution in [-0.4, -0.2) is 75.2 Å². The third-order valence-corrected chi connectivity index (χ3v) is 6.15. The summed E-state index contributed by atoms with van der Waals surface area (Å²) in [7, 11) is 3.90. The summed E-state index contributed by atoms with van der Waals surface area (Å²) in [5, 5.41) is 10.7. The first-order valence-electron chi connectivity index (χ1n) is 11.0. The zero-order valence-corrected chi connectivity index (χ0v) is 18.5. The van der Waals surface area contributed by atoms with Crippen LogP contribution in [0.5, 0.6) is 0 Å². The van der Waals surface area contributed by atoms with E-state index in [1.165, 1.54) is 11.2 Å². The maximum Gasteiger partial charge on any atom is 0.290 e. The van der Waals surface area contributed by atoms with Gasteiger partial charge in [-0.15, -0.1) is 0 Å². The smallest absolute Gasteiger partial charge is 0.290 e. The number of carbonyl (C=O) groups excluding carboxylic acids is 2. The second kappa shape index (κ2) is 9.58. The van der Waals surface area contributed by atoms with Gasteiger partial charge >= 0.3 is 0 Å². The lowest BCUT2D eigenvalue weighted by Crippen LogP contribution is -3.14. The van der Waals surface area contributed by atoms with Crippen molar-refractivity contribution in [3.8, 4) is 0 Å². The van der Waals surface area contributed by atoms with Crippen LogP contribution in [0.25, 0.3) is 0 Å². The first-order chi connectivity index (χ1) is 15.5. The summed E-state index contributed by atoms with van der Waals surface area (Å²) in [6.07, 6.45) is 2.17. The number of Topliss-reactive ketones (excluding diaryl/α,β-unsaturated/α-hetero) is 1. The van der Waals surface area contributed by atoms with E-state index in [9.17, 15) is 14.7 Å². The molecule has 0 saturated carbocycles. The zero-order valence-electron chi connectivity index (χ0n) is 18.5. The topological polar surface area (TPSA) is 87.7 Å². The quantitative estimate of drug-likeness (QED) is 0.601. The van der Waals surface area contributed by atoms with E-state index in [0.717, 1.165) is 50.5 Å². The van der Waals surface area contributed by atoms with Crippen LogP contribution >= 0.6 is 0 Å². The van der Waals surface area contributed by atoms with Gasteiger partial charge in [0.2, 0.25) is 5.78 Å². The lowest BCUT2D eigenvalue weighted by molar-refractivity contribution is -0.908. The van der Waals surface area contributed by atoms with Crippen molar-refractivity contribution < 1.29 is 28.7 Å². The zero-order chi connectivity index (χ0) is 22.7. The number of nitrogens with zero attached hydrogens (tertiary/aromatic N) is 2. The fraction of sp³-hybridized carbons (Fsp3) is 0.417. The molecule has 2 aromatic rings. The molecule has 1 fully saturated rings. The van der Waals surface area contributed by atoms with Crippen LogP contribution < -0.4 is 9.80 Å². The third kappa shape index (κ3) is 4.42. The Kier molecular flexibility index (Phi) is 6.62. The summed E-state index contributed by atoms with van der Waals surface area (Å²) in [5.74, 6) is -1.37. The summed E-state index contributed by atoms with van der Waals surface area (Å²) < 4.78 is 10.7. The van der Waals surface area contributed by atoms with Gasteiger partial charge in [-0.25, -0.2) is 0 Å². The van der Waals surface area contributed by atoms with E-state index in [-0.39, 0.29) is 11.3 Å². The highest BCUT2D eigenvalue weighted by Crippen LogP contribution is 2.39. The van der Waals surface area contributed by atoms with E-state index in [2.05, 4.69) is 0 Å². The molecule has 1 amide bonds. The molecule has 32 heavy (non-hydrogen) atoms. The number of aliphatic hydroxyl groups excluding tert-OH is 1. The fourth-order valence-corrected chi connectivity index (χ4v) is 4.37. The van der Waals surface area contributed by atoms with Crippen LogP contribution in [0.2, 0.25) is 0 Å². The van der Waals surface area contributed by atoms with Crippen LogP contribution in [0.4, 0.5) is 5.69 Å². The number of hydrogen-bond acceptors (Lipinski definition) is 6. The Balaban J connectivity index is 1.60. The molecule has 8 heteroatoms. The molecule has 2 aliphatic heterocycles. The molecule has 1 aromatic carbocycles. The molecule has 0 bridgehead atoms. The SMILES string of the molecule is CN(C)c1ccc([C@H]2C(C(=O)c3ccco3)=C(O)C(=O)N2CCC[NH+]2CCOCC2)cc1. The highest BCUT2D eigenvalue weighted by molar-refractivity contribution is 6.15. The Morgan fingerprint density at radius 3 is 2.53 bits per heavy atom. The molecule has 1 aromatic heterocycles. The molecule has 0 radical (unpaired) electrons. The Bertz CT molecular complexity index is 976. The predicted molar refractivity (Wildman–Crippen MR) is 119 cm³/mol. The first kappa shape index (κ1) is 22.1. The molecule has 4 rings (SSSR count). The van der Waals surface area contributed by atoms with Crippen molar-refractivity contribution in [3.63, 3.8) is 0 Å². The first-order valence-corrected chi connectivity index (χ1v) is 11.0. The number of amides is 1. The van der Waals surface area contributed by atoms with Crippen molar-refractivity contribution in [1.29, 1.82) is 0 Å². The Labute approximate surface area is 187 Å². The number of hydrogen-bond donors (Lipinski definition) is 2. The minimum absolute atomic E-state index is 0.0706. The average molecular weight is 441 g/mol. The van der Waals surface area contributed by atoms with Crippen LogP contribution in [-0.2, 0) is 9.53 Å². The van der Waals surface area contributed by atoms with Gasteiger partial charge in [-0.05, 0) is 29.8 Å². The molecule has 3 heterocycles. The minimum Gasteiger partial charge on any atom is -0.503 e. The monoisotopic (exact) mass is 440 g/mol. The van der Waals surface area contributed by atoms with Gasteiger partial charge in [0.25, 0.3) is 5.91 Å². The van der Waals surface area contributed by atoms with Crippen molar-refractivity contribution in [2.24, 2.45) is 0 Å². The van der Waals surface area contributed by atoms with Gasteiger partial charge in [0.15, 0.2) is 11.5 Å². The number of aliphatic hydroxyl groups is 1. The second-order valence-corrected chi connectivity index (χ2v) is 8.42. The predicted octanol–water partition coefficient (Wildman–Crippen LogP) is 1.23. The number of benzene rings is 1. The molecule has 170 valence electrons. The summed E-state index contributed by atoms with van der Waals surface area (Å²) in [5.41, 5.74) is 1.86. The number of ketones is 1. The standard InChI is InChI=1S/C24H29N3O5/c1-25(2)18-8-6-17(7-9-18)21-20(22(28)19-5-3-14-32-19)23(29)24(30)27(21)11-4-10-26-12-15-31-16-13-26/h3,5-9,14,21,29H,4,10-13,15-16H2,1-2H3/p+1/t21-/m0/s1. The van der Waals surface area contributed by atoms with Crippen LogP contribution in [0.15, 0.2) is 58.4 Å². The summed E-state index contributed by atoms with van der Waals surface area (Å²) in [6, 6.07) is 10.2. The van der Waals surface area contributed by atoms with Crippen molar-refractivity contribution in [2.75, 3.05) is 58.4 Å². The normalized spacial score (nSPS) is 19.6. The number of quaternary nitrogens is 1. The van der Waals surface area contributed by atoms with Gasteiger partial charge in [0.1, 0.15) is 13.1 Å². The molecule has 0 spiro atoms. The molecule has 8 nitrogen and oxygen atoms in total. The van der Waals surface area contributed by atoms with Gasteiger partial charge in [0.05, 0.1) is 37.6 Å². The molecular formula is C24H30N3O5+. The Morgan fingerprint density at radius 1 is 1.19 bits per heavy atom. The molecular weight excluding hydrogens is 410 g/mol. The largest absolute Gasteiger partial charge is 0.503 e. The Hall–Kier alpha value is -3.10. The van der Waals surface area contributed by atoms with Gasteiger partial charge in [-0.3, -0.25) is 9.59 Å². The van der Waals surface area contributed by atoms with Gasteiger partial charge in [0, 0.05) is 32.7 Å². The second-order valence-electron chi connectivity index (χ2n) is 8.42. The number of nitrogens with one attached hydrogen (secondary N) is 1. The lowest BCUT2D eigenvalue weighted by atomic mass is 9.94. The average Bonchev–Trinajstić information content (AvgIpc) is 3.43. The summed E-state index contributed by atoms with van der Waals surface area (Å²) >= 11 is 0. The van der Waals surface area contributed by atoms with Crippen molar-refractivity contribution >= 4 is 17.4 Å². The van der Waals surface area contributed by atoms with E-state index < -0.39 is 23.5 Å². The van der Waals surface area contributed by atoms with E-state index in [1.807, 2.05) is 43.3 Å². The third-order valence-electron chi connectivity index (χ3n) is 6.15. The van der Waals surface area contributed by atoms with Gasteiger partial charge < -0.3 is 29.0 Å². The van der Waals surface area contributed by atoms with Crippen molar-refractivity contribution in [1.82, 2.24) is 4.90 Å². The number of anilines is 1. The van der Waals surface area contributed by atoms with Crippen molar-refractivity contribution in [3.05, 3.63) is 65.3 Å². The highest BCUT2D eigenvalue weighted by atomic mass is 16.5. The van der Waals surface area contributed by atoms with Gasteiger partial charge in [-0.2, -0.15) is 0 Å². The number of furan rings is 1. The van der Waals surface area contributed by atoms with E-state index in [1.54, 1.807) is 17.0 Å². The molecule has 2 N–H and O–H groups in total. The molecule has 2 aliphatic rings. The number of ether oxygens (including phenoxy) is 1. The van der Waals surface area contributed by atoms with E-state index >= 15 is 0 Å². The molecule has 0 unspecified atom stereocenters. The van der Waals surface area contributed by atoms with Crippen LogP contribution in [0.3, 0.4) is 0 Å². The summed E-state index contributed by atoms with van der Waals surface area (Å²) in [4.78, 5) is 31.2. The highest BCUT2D eigenvalue weighted by Gasteiger charge is 2.44. The van der Waals surface area contributed by atoms with Crippen LogP contribution in [0.1, 0.15) is 28.6 Å². The maximum atomic E-state index is 13.2. The lowest BCUT2D eigenvalue weighted by Gasteiger charge is -2.28. The van der Waals surface area contributed by atoms with E-state index in [0.29, 0.717) is 6.54 Å².